The van der Waals surface area contributed by atoms with Gasteiger partial charge in [0.2, 0.25) is 5.91 Å². The number of nitrogens with one attached hydrogen (secondary N) is 2. The van der Waals surface area contributed by atoms with Crippen LogP contribution in [0.15, 0.2) is 71.6 Å². The molecular formula is C27H27Cl2N3O5S. The van der Waals surface area contributed by atoms with E-state index in [1.807, 2.05) is 6.92 Å². The molecular weight excluding hydrogens is 549 g/mol. The Labute approximate surface area is 231 Å². The molecule has 1 aliphatic rings. The number of benzene rings is 3. The minimum atomic E-state index is -4.21. The highest BCUT2D eigenvalue weighted by molar-refractivity contribution is 7.92. The second-order valence-corrected chi connectivity index (χ2v) is 11.5. The maximum absolute atomic E-state index is 13.6. The van der Waals surface area contributed by atoms with Crippen LogP contribution in [0.2, 0.25) is 10.0 Å². The van der Waals surface area contributed by atoms with Gasteiger partial charge in [-0.3, -0.25) is 13.9 Å². The van der Waals surface area contributed by atoms with Gasteiger partial charge >= 0.3 is 0 Å². The fourth-order valence-electron chi connectivity index (χ4n) is 4.04. The van der Waals surface area contributed by atoms with Crippen LogP contribution < -0.4 is 14.9 Å². The van der Waals surface area contributed by atoms with Crippen LogP contribution in [0.4, 0.5) is 11.4 Å². The lowest BCUT2D eigenvalue weighted by Gasteiger charge is -2.25. The number of hydrogen-bond donors (Lipinski definition) is 2. The zero-order chi connectivity index (χ0) is 27.3. The summed E-state index contributed by atoms with van der Waals surface area (Å²) in [6.45, 7) is 2.26. The molecule has 1 atom stereocenters. The molecule has 0 aliphatic carbocycles. The molecule has 3 aromatic carbocycles. The van der Waals surface area contributed by atoms with Crippen LogP contribution in [0.5, 0.6) is 0 Å². The van der Waals surface area contributed by atoms with E-state index in [4.69, 9.17) is 27.9 Å². The van der Waals surface area contributed by atoms with Crippen LogP contribution in [0.25, 0.3) is 0 Å². The van der Waals surface area contributed by atoms with Crippen molar-refractivity contribution in [1.82, 2.24) is 5.32 Å². The molecule has 1 aliphatic heterocycles. The predicted molar refractivity (Wildman–Crippen MR) is 149 cm³/mol. The molecule has 3 aromatic rings. The standard InChI is InChI=1S/C27H27Cl2N3O5S/c1-18-11-13-20(14-12-18)38(35,36)32(24-10-4-8-22(28)26(24)29)17-25(33)31-23-9-3-2-7-21(23)27(34)30-16-19-6-5-15-37-19/h2-4,7-14,19H,5-6,15-17H2,1H3,(H,30,34)(H,31,33)/t19-/m1/s1. The van der Waals surface area contributed by atoms with Gasteiger partial charge in [-0.05, 0) is 56.2 Å². The molecule has 0 spiro atoms. The van der Waals surface area contributed by atoms with Gasteiger partial charge in [0, 0.05) is 13.2 Å². The summed E-state index contributed by atoms with van der Waals surface area (Å²) >= 11 is 12.5. The number of ether oxygens (including phenoxy) is 1. The Bertz CT molecular complexity index is 1420. The lowest BCUT2D eigenvalue weighted by atomic mass is 10.1. The Morgan fingerprint density at radius 3 is 2.47 bits per heavy atom. The molecule has 2 N–H and O–H groups in total. The number of para-hydroxylation sites is 1. The number of anilines is 2. The van der Waals surface area contributed by atoms with Gasteiger partial charge in [-0.15, -0.1) is 0 Å². The Balaban J connectivity index is 1.59. The Kier molecular flexibility index (Phi) is 8.94. The molecule has 200 valence electrons. The van der Waals surface area contributed by atoms with Gasteiger partial charge in [-0.1, -0.05) is 59.1 Å². The maximum atomic E-state index is 13.6. The third-order valence-electron chi connectivity index (χ3n) is 6.06. The van der Waals surface area contributed by atoms with Crippen molar-refractivity contribution in [3.8, 4) is 0 Å². The highest BCUT2D eigenvalue weighted by atomic mass is 35.5. The minimum absolute atomic E-state index is 0.00781. The van der Waals surface area contributed by atoms with Crippen molar-refractivity contribution >= 4 is 56.4 Å². The first kappa shape index (κ1) is 27.9. The van der Waals surface area contributed by atoms with Gasteiger partial charge in [0.1, 0.15) is 6.54 Å². The molecule has 0 radical (unpaired) electrons. The number of amides is 2. The third kappa shape index (κ3) is 6.47. The van der Waals surface area contributed by atoms with E-state index in [2.05, 4.69) is 10.6 Å². The van der Waals surface area contributed by atoms with Gasteiger partial charge in [0.05, 0.1) is 38.0 Å². The molecule has 38 heavy (non-hydrogen) atoms. The second kappa shape index (κ2) is 12.2. The fraction of sp³-hybridized carbons (Fsp3) is 0.259. The monoisotopic (exact) mass is 575 g/mol. The summed E-state index contributed by atoms with van der Waals surface area (Å²) in [4.78, 5) is 26.1. The zero-order valence-corrected chi connectivity index (χ0v) is 22.9. The molecule has 1 saturated heterocycles. The number of aryl methyl sites for hydroxylation is 1. The third-order valence-corrected chi connectivity index (χ3v) is 8.64. The number of rotatable bonds is 9. The molecule has 4 rings (SSSR count). The van der Waals surface area contributed by atoms with Crippen LogP contribution in [0.1, 0.15) is 28.8 Å². The van der Waals surface area contributed by atoms with Gasteiger partial charge < -0.3 is 15.4 Å². The second-order valence-electron chi connectivity index (χ2n) is 8.84. The van der Waals surface area contributed by atoms with Gasteiger partial charge in [-0.25, -0.2) is 8.42 Å². The topological polar surface area (TPSA) is 105 Å². The number of sulfonamides is 1. The molecule has 1 fully saturated rings. The van der Waals surface area contributed by atoms with Gasteiger partial charge in [-0.2, -0.15) is 0 Å². The zero-order valence-electron chi connectivity index (χ0n) is 20.6. The highest BCUT2D eigenvalue weighted by Crippen LogP contribution is 2.35. The lowest BCUT2D eigenvalue weighted by Crippen LogP contribution is -2.39. The first-order chi connectivity index (χ1) is 18.2. The number of halogens is 2. The molecule has 0 unspecified atom stereocenters. The smallest absolute Gasteiger partial charge is 0.264 e. The Morgan fingerprint density at radius 1 is 1.03 bits per heavy atom. The maximum Gasteiger partial charge on any atom is 0.264 e. The Hall–Kier alpha value is -3.11. The van der Waals surface area contributed by atoms with Crippen molar-refractivity contribution in [3.05, 3.63) is 87.9 Å². The summed E-state index contributed by atoms with van der Waals surface area (Å²) in [7, 11) is -4.21. The summed E-state index contributed by atoms with van der Waals surface area (Å²) in [6, 6.07) is 17.3. The minimum Gasteiger partial charge on any atom is -0.376 e. The van der Waals surface area contributed by atoms with Crippen LogP contribution in [0.3, 0.4) is 0 Å². The average molecular weight is 577 g/mol. The van der Waals surface area contributed by atoms with E-state index in [1.165, 1.54) is 24.3 Å². The van der Waals surface area contributed by atoms with Crippen molar-refractivity contribution in [2.45, 2.75) is 30.8 Å². The number of hydrogen-bond acceptors (Lipinski definition) is 5. The summed E-state index contributed by atoms with van der Waals surface area (Å²) in [5.41, 5.74) is 1.42. The van der Waals surface area contributed by atoms with Crippen LogP contribution in [0, 0.1) is 6.92 Å². The first-order valence-electron chi connectivity index (χ1n) is 12.0. The van der Waals surface area contributed by atoms with Crippen LogP contribution in [-0.2, 0) is 19.6 Å². The van der Waals surface area contributed by atoms with E-state index in [0.29, 0.717) is 13.2 Å². The largest absolute Gasteiger partial charge is 0.376 e. The quantitative estimate of drug-likeness (QED) is 0.371. The number of carbonyl (C=O) groups is 2. The summed E-state index contributed by atoms with van der Waals surface area (Å²) in [5, 5.41) is 5.64. The molecule has 0 bridgehead atoms. The first-order valence-corrected chi connectivity index (χ1v) is 14.2. The lowest BCUT2D eigenvalue weighted by molar-refractivity contribution is -0.114. The number of nitrogens with zero attached hydrogens (tertiary/aromatic N) is 1. The van der Waals surface area contributed by atoms with E-state index in [0.717, 1.165) is 22.7 Å². The molecule has 8 nitrogen and oxygen atoms in total. The van der Waals surface area contributed by atoms with E-state index in [1.54, 1.807) is 42.5 Å². The van der Waals surface area contributed by atoms with Crippen LogP contribution in [-0.4, -0.2) is 46.0 Å². The summed E-state index contributed by atoms with van der Waals surface area (Å²) in [5.74, 6) is -1.05. The van der Waals surface area contributed by atoms with Crippen molar-refractivity contribution in [3.63, 3.8) is 0 Å². The van der Waals surface area contributed by atoms with Crippen molar-refractivity contribution in [2.75, 3.05) is 29.3 Å². The van der Waals surface area contributed by atoms with E-state index in [9.17, 15) is 18.0 Å². The molecule has 0 aromatic heterocycles. The SMILES string of the molecule is Cc1ccc(S(=O)(=O)N(CC(=O)Nc2ccccc2C(=O)NC[C@H]2CCCO2)c2cccc(Cl)c2Cl)cc1. The normalized spacial score (nSPS) is 15.2. The van der Waals surface area contributed by atoms with E-state index >= 15 is 0 Å². The van der Waals surface area contributed by atoms with Crippen molar-refractivity contribution in [2.24, 2.45) is 0 Å². The molecule has 2 amide bonds. The highest BCUT2D eigenvalue weighted by Gasteiger charge is 2.30. The molecule has 11 heteroatoms. The average Bonchev–Trinajstić information content (AvgIpc) is 3.42. The van der Waals surface area contributed by atoms with Crippen molar-refractivity contribution < 1.29 is 22.7 Å². The number of carbonyl (C=O) groups excluding carboxylic acids is 2. The van der Waals surface area contributed by atoms with E-state index in [-0.39, 0.29) is 43.9 Å². The van der Waals surface area contributed by atoms with Gasteiger partial charge in [0.15, 0.2) is 0 Å². The fourth-order valence-corrected chi connectivity index (χ4v) is 5.92. The molecule has 0 saturated carbocycles. The molecule has 1 heterocycles. The summed E-state index contributed by atoms with van der Waals surface area (Å²) < 4.78 is 33.7. The van der Waals surface area contributed by atoms with Crippen LogP contribution >= 0.6 is 23.2 Å². The Morgan fingerprint density at radius 2 is 1.76 bits per heavy atom. The van der Waals surface area contributed by atoms with E-state index < -0.39 is 22.5 Å². The summed E-state index contributed by atoms with van der Waals surface area (Å²) in [6.07, 6.45) is 1.78. The van der Waals surface area contributed by atoms with Crippen molar-refractivity contribution in [1.29, 1.82) is 0 Å². The predicted octanol–water partition coefficient (Wildman–Crippen LogP) is 5.04. The van der Waals surface area contributed by atoms with Gasteiger partial charge in [0.25, 0.3) is 15.9 Å².